The highest BCUT2D eigenvalue weighted by molar-refractivity contribution is 8.01. The number of hydrogen-bond acceptors (Lipinski definition) is 4. The van der Waals surface area contributed by atoms with Crippen molar-refractivity contribution in [3.8, 4) is 0 Å². The summed E-state index contributed by atoms with van der Waals surface area (Å²) in [4.78, 5) is 35.1. The van der Waals surface area contributed by atoms with E-state index in [2.05, 4.69) is 35.1 Å². The first-order valence-electron chi connectivity index (χ1n) is 8.50. The van der Waals surface area contributed by atoms with E-state index in [0.717, 1.165) is 6.42 Å². The van der Waals surface area contributed by atoms with Crippen molar-refractivity contribution in [3.05, 3.63) is 69.8 Å². The molecule has 0 fully saturated rings. The summed E-state index contributed by atoms with van der Waals surface area (Å²) in [5.74, 6) is 0.556. The van der Waals surface area contributed by atoms with Crippen LogP contribution in [0.5, 0.6) is 0 Å². The third-order valence-electron chi connectivity index (χ3n) is 4.60. The standard InChI is InChI=1S/C20H19N3O2S/c1-12-7-8-13-10-17(26-16(13)9-12)20(25)23(2)11-18-21-15-6-4-3-5-14(15)19(24)22-18/h3-9,17H,10-11H2,1-2H3,(H,21,22,24). The van der Waals surface area contributed by atoms with Crippen LogP contribution in [0.1, 0.15) is 17.0 Å². The van der Waals surface area contributed by atoms with Gasteiger partial charge in [-0.2, -0.15) is 0 Å². The fourth-order valence-corrected chi connectivity index (χ4v) is 4.64. The zero-order valence-corrected chi connectivity index (χ0v) is 15.5. The Morgan fingerprint density at radius 1 is 1.31 bits per heavy atom. The van der Waals surface area contributed by atoms with Crippen molar-refractivity contribution in [3.63, 3.8) is 0 Å². The Morgan fingerprint density at radius 3 is 2.96 bits per heavy atom. The molecule has 132 valence electrons. The molecule has 1 amide bonds. The summed E-state index contributed by atoms with van der Waals surface area (Å²) in [5.41, 5.74) is 2.90. The largest absolute Gasteiger partial charge is 0.337 e. The van der Waals surface area contributed by atoms with Crippen molar-refractivity contribution >= 4 is 28.6 Å². The maximum Gasteiger partial charge on any atom is 0.258 e. The molecule has 0 saturated carbocycles. The molecule has 1 N–H and O–H groups in total. The maximum absolute atomic E-state index is 12.8. The van der Waals surface area contributed by atoms with Crippen LogP contribution in [0.25, 0.3) is 10.9 Å². The summed E-state index contributed by atoms with van der Waals surface area (Å²) >= 11 is 1.62. The van der Waals surface area contributed by atoms with Crippen LogP contribution in [0.2, 0.25) is 0 Å². The van der Waals surface area contributed by atoms with Gasteiger partial charge in [0, 0.05) is 11.9 Å². The minimum Gasteiger partial charge on any atom is -0.337 e. The lowest BCUT2D eigenvalue weighted by atomic mass is 10.1. The number of hydrogen-bond donors (Lipinski definition) is 1. The molecule has 5 nitrogen and oxygen atoms in total. The van der Waals surface area contributed by atoms with Crippen LogP contribution < -0.4 is 5.56 Å². The summed E-state index contributed by atoms with van der Waals surface area (Å²) < 4.78 is 0. The van der Waals surface area contributed by atoms with Gasteiger partial charge in [-0.3, -0.25) is 9.59 Å². The predicted molar refractivity (Wildman–Crippen MR) is 103 cm³/mol. The van der Waals surface area contributed by atoms with E-state index in [1.807, 2.05) is 18.2 Å². The number of aryl methyl sites for hydroxylation is 1. The van der Waals surface area contributed by atoms with Gasteiger partial charge in [-0.15, -0.1) is 11.8 Å². The molecule has 2 heterocycles. The van der Waals surface area contributed by atoms with E-state index in [-0.39, 0.29) is 23.3 Å². The van der Waals surface area contributed by atoms with Crippen molar-refractivity contribution in [2.75, 3.05) is 7.05 Å². The Balaban J connectivity index is 1.51. The number of rotatable bonds is 3. The van der Waals surface area contributed by atoms with Gasteiger partial charge >= 0.3 is 0 Å². The number of amides is 1. The summed E-state index contributed by atoms with van der Waals surface area (Å²) in [6.45, 7) is 2.34. The van der Waals surface area contributed by atoms with Gasteiger partial charge in [0.2, 0.25) is 5.91 Å². The highest BCUT2D eigenvalue weighted by atomic mass is 32.2. The third kappa shape index (κ3) is 3.12. The van der Waals surface area contributed by atoms with Crippen LogP contribution in [0.4, 0.5) is 0 Å². The molecule has 0 spiro atoms. The van der Waals surface area contributed by atoms with Crippen LogP contribution >= 0.6 is 11.8 Å². The van der Waals surface area contributed by atoms with E-state index in [0.29, 0.717) is 16.7 Å². The zero-order valence-electron chi connectivity index (χ0n) is 14.7. The van der Waals surface area contributed by atoms with E-state index >= 15 is 0 Å². The molecule has 6 heteroatoms. The second kappa shape index (κ2) is 6.61. The summed E-state index contributed by atoms with van der Waals surface area (Å²) in [7, 11) is 1.76. The van der Waals surface area contributed by atoms with Crippen LogP contribution in [0.15, 0.2) is 52.2 Å². The van der Waals surface area contributed by atoms with Gasteiger partial charge in [-0.1, -0.05) is 29.8 Å². The quantitative estimate of drug-likeness (QED) is 0.775. The van der Waals surface area contributed by atoms with Gasteiger partial charge in [0.25, 0.3) is 5.56 Å². The van der Waals surface area contributed by atoms with E-state index in [1.165, 1.54) is 16.0 Å². The van der Waals surface area contributed by atoms with Gasteiger partial charge in [0.15, 0.2) is 0 Å². The normalized spacial score (nSPS) is 15.8. The molecule has 0 radical (unpaired) electrons. The van der Waals surface area contributed by atoms with Crippen molar-refractivity contribution in [1.82, 2.24) is 14.9 Å². The number of fused-ring (bicyclic) bond motifs is 2. The number of benzene rings is 2. The first-order valence-corrected chi connectivity index (χ1v) is 9.38. The van der Waals surface area contributed by atoms with Crippen molar-refractivity contribution in [2.24, 2.45) is 0 Å². The molecule has 1 atom stereocenters. The number of nitrogens with one attached hydrogen (secondary N) is 1. The second-order valence-corrected chi connectivity index (χ2v) is 7.89. The number of carbonyl (C=O) groups is 1. The number of aromatic nitrogens is 2. The Kier molecular flexibility index (Phi) is 4.28. The number of aromatic amines is 1. The summed E-state index contributed by atoms with van der Waals surface area (Å²) in [6, 6.07) is 13.5. The lowest BCUT2D eigenvalue weighted by Gasteiger charge is -2.20. The van der Waals surface area contributed by atoms with Gasteiger partial charge in [-0.05, 0) is 37.1 Å². The Labute approximate surface area is 155 Å². The van der Waals surface area contributed by atoms with Gasteiger partial charge in [0.05, 0.1) is 22.7 Å². The van der Waals surface area contributed by atoms with Gasteiger partial charge in [-0.25, -0.2) is 4.98 Å². The van der Waals surface area contributed by atoms with Crippen molar-refractivity contribution < 1.29 is 4.79 Å². The van der Waals surface area contributed by atoms with Gasteiger partial charge in [0.1, 0.15) is 5.82 Å². The van der Waals surface area contributed by atoms with E-state index in [9.17, 15) is 9.59 Å². The second-order valence-electron chi connectivity index (χ2n) is 6.65. The molecule has 4 rings (SSSR count). The van der Waals surface area contributed by atoms with E-state index in [1.54, 1.807) is 29.8 Å². The SMILES string of the molecule is Cc1ccc2c(c1)SC(C(=O)N(C)Cc1nc3ccccc3c(=O)[nH]1)C2. The van der Waals surface area contributed by atoms with Crippen LogP contribution in [0.3, 0.4) is 0 Å². The molecule has 1 unspecified atom stereocenters. The Hall–Kier alpha value is -2.60. The number of nitrogens with zero attached hydrogens (tertiary/aromatic N) is 2. The maximum atomic E-state index is 12.8. The Bertz CT molecular complexity index is 1060. The van der Waals surface area contributed by atoms with E-state index in [4.69, 9.17) is 0 Å². The third-order valence-corrected chi connectivity index (χ3v) is 5.88. The van der Waals surface area contributed by atoms with Crippen molar-refractivity contribution in [1.29, 1.82) is 0 Å². The molecule has 3 aromatic rings. The van der Waals surface area contributed by atoms with Crippen LogP contribution in [-0.4, -0.2) is 33.1 Å². The predicted octanol–water partition coefficient (Wildman–Crippen LogP) is 2.91. The first kappa shape index (κ1) is 16.8. The summed E-state index contributed by atoms with van der Waals surface area (Å²) in [5, 5.41) is 0.436. The van der Waals surface area contributed by atoms with Crippen LogP contribution in [-0.2, 0) is 17.8 Å². The molecule has 1 aliphatic heterocycles. The molecular formula is C20H19N3O2S. The number of para-hydroxylation sites is 1. The number of thioether (sulfide) groups is 1. The Morgan fingerprint density at radius 2 is 2.12 bits per heavy atom. The molecule has 0 bridgehead atoms. The fourth-order valence-electron chi connectivity index (χ4n) is 3.23. The number of H-pyrrole nitrogens is 1. The number of carbonyl (C=O) groups excluding carboxylic acids is 1. The lowest BCUT2D eigenvalue weighted by molar-refractivity contribution is -0.129. The smallest absolute Gasteiger partial charge is 0.258 e. The highest BCUT2D eigenvalue weighted by Gasteiger charge is 2.30. The van der Waals surface area contributed by atoms with Gasteiger partial charge < -0.3 is 9.88 Å². The van der Waals surface area contributed by atoms with Crippen molar-refractivity contribution in [2.45, 2.75) is 30.0 Å². The molecule has 0 saturated heterocycles. The molecular weight excluding hydrogens is 346 g/mol. The topological polar surface area (TPSA) is 66.1 Å². The lowest BCUT2D eigenvalue weighted by Crippen LogP contribution is -2.35. The fraction of sp³-hybridized carbons (Fsp3) is 0.250. The molecule has 2 aromatic carbocycles. The molecule has 0 aliphatic carbocycles. The average molecular weight is 365 g/mol. The first-order chi connectivity index (χ1) is 12.5. The molecule has 26 heavy (non-hydrogen) atoms. The monoisotopic (exact) mass is 365 g/mol. The highest BCUT2D eigenvalue weighted by Crippen LogP contribution is 2.38. The minimum atomic E-state index is -0.176. The molecule has 1 aliphatic rings. The average Bonchev–Trinajstić information content (AvgIpc) is 3.04. The minimum absolute atomic E-state index is 0.0552. The zero-order chi connectivity index (χ0) is 18.3. The van der Waals surface area contributed by atoms with Crippen LogP contribution in [0, 0.1) is 6.92 Å². The van der Waals surface area contributed by atoms with E-state index < -0.39 is 0 Å². The summed E-state index contributed by atoms with van der Waals surface area (Å²) in [6.07, 6.45) is 0.741. The molecule has 1 aromatic heterocycles.